The van der Waals surface area contributed by atoms with Gasteiger partial charge in [0.05, 0.1) is 0 Å². The van der Waals surface area contributed by atoms with Crippen LogP contribution >= 0.6 is 0 Å². The lowest BCUT2D eigenvalue weighted by molar-refractivity contribution is 0.134. The Labute approximate surface area is 136 Å². The number of rotatable bonds is 5. The van der Waals surface area contributed by atoms with Crippen molar-refractivity contribution in [3.63, 3.8) is 0 Å². The highest BCUT2D eigenvalue weighted by molar-refractivity contribution is 6.77. The Morgan fingerprint density at radius 3 is 1.90 bits per heavy atom. The van der Waals surface area contributed by atoms with Gasteiger partial charge in [0.2, 0.25) is 0 Å². The fourth-order valence-corrected chi connectivity index (χ4v) is 6.27. The molecule has 1 aliphatic rings. The van der Waals surface area contributed by atoms with Crippen LogP contribution in [0.3, 0.4) is 0 Å². The summed E-state index contributed by atoms with van der Waals surface area (Å²) < 4.78 is 8.76. The minimum absolute atomic E-state index is 0.0628. The van der Waals surface area contributed by atoms with Gasteiger partial charge in [-0.25, -0.2) is 0 Å². The fraction of sp³-hybridized carbons (Fsp3) is 1.00. The summed E-state index contributed by atoms with van der Waals surface area (Å²) in [6.07, 6.45) is 0. The summed E-state index contributed by atoms with van der Waals surface area (Å²) in [7, 11) is -1.65. The molecular formula is C16H38N2OSi2. The molecule has 0 atom stereocenters. The standard InChI is InChI=1S/C16H38N2OSi2/c1-15(2,3)19-20-14-13-17-9-11-18(12-10-17)21(7,8)16(4,5)6/h9-14,20H2,1-8H3. The summed E-state index contributed by atoms with van der Waals surface area (Å²) in [6.45, 7) is 25.1. The van der Waals surface area contributed by atoms with Crippen molar-refractivity contribution in [2.45, 2.75) is 71.3 Å². The van der Waals surface area contributed by atoms with Gasteiger partial charge in [0.25, 0.3) is 0 Å². The van der Waals surface area contributed by atoms with E-state index in [1.54, 1.807) is 0 Å². The minimum atomic E-state index is -1.31. The maximum Gasteiger partial charge on any atom is 0.163 e. The molecule has 0 bridgehead atoms. The lowest BCUT2D eigenvalue weighted by Crippen LogP contribution is -2.61. The van der Waals surface area contributed by atoms with E-state index in [2.05, 4.69) is 64.1 Å². The lowest BCUT2D eigenvalue weighted by Gasteiger charge is -2.49. The van der Waals surface area contributed by atoms with Crippen LogP contribution in [-0.2, 0) is 4.43 Å². The van der Waals surface area contributed by atoms with E-state index in [1.807, 2.05) is 0 Å². The molecule has 1 aliphatic heterocycles. The second-order valence-electron chi connectivity index (χ2n) is 8.95. The van der Waals surface area contributed by atoms with Gasteiger partial charge in [0, 0.05) is 31.8 Å². The molecule has 0 aromatic carbocycles. The molecule has 126 valence electrons. The third-order valence-electron chi connectivity index (χ3n) is 5.15. The summed E-state index contributed by atoms with van der Waals surface area (Å²) in [5.74, 6) is 0. The fourth-order valence-electron chi connectivity index (χ4n) is 2.67. The van der Waals surface area contributed by atoms with Crippen LogP contribution in [0, 0.1) is 0 Å². The molecule has 1 fully saturated rings. The predicted octanol–water partition coefficient (Wildman–Crippen LogP) is 2.93. The van der Waals surface area contributed by atoms with Crippen molar-refractivity contribution < 1.29 is 4.43 Å². The molecule has 0 saturated carbocycles. The first-order chi connectivity index (χ1) is 9.43. The van der Waals surface area contributed by atoms with E-state index in [0.717, 1.165) is 0 Å². The molecule has 0 unspecified atom stereocenters. The predicted molar refractivity (Wildman–Crippen MR) is 99.4 cm³/mol. The largest absolute Gasteiger partial charge is 0.419 e. The lowest BCUT2D eigenvalue weighted by atomic mass is 10.2. The molecule has 1 saturated heterocycles. The average molecular weight is 331 g/mol. The summed E-state index contributed by atoms with van der Waals surface area (Å²) in [4.78, 5) is 2.64. The monoisotopic (exact) mass is 330 g/mol. The highest BCUT2D eigenvalue weighted by Gasteiger charge is 2.41. The highest BCUT2D eigenvalue weighted by Crippen LogP contribution is 2.38. The molecule has 0 aromatic heterocycles. The van der Waals surface area contributed by atoms with Crippen LogP contribution in [0.2, 0.25) is 24.2 Å². The molecule has 0 amide bonds. The highest BCUT2D eigenvalue weighted by atomic mass is 28.3. The number of nitrogens with zero attached hydrogens (tertiary/aromatic N) is 2. The van der Waals surface area contributed by atoms with E-state index in [4.69, 9.17) is 4.43 Å². The third-order valence-corrected chi connectivity index (χ3v) is 12.5. The Balaban J connectivity index is 2.30. The van der Waals surface area contributed by atoms with Gasteiger partial charge in [-0.15, -0.1) is 0 Å². The van der Waals surface area contributed by atoms with Gasteiger partial charge in [0.15, 0.2) is 9.76 Å². The summed E-state index contributed by atoms with van der Waals surface area (Å²) in [6, 6.07) is 1.29. The summed E-state index contributed by atoms with van der Waals surface area (Å²) >= 11 is 0. The van der Waals surface area contributed by atoms with Crippen LogP contribution in [-0.4, -0.2) is 65.8 Å². The maximum absolute atomic E-state index is 5.95. The van der Waals surface area contributed by atoms with E-state index in [-0.39, 0.29) is 15.4 Å². The van der Waals surface area contributed by atoms with Crippen LogP contribution in [0.1, 0.15) is 41.5 Å². The van der Waals surface area contributed by atoms with E-state index >= 15 is 0 Å². The summed E-state index contributed by atoms with van der Waals surface area (Å²) in [5, 5.41) is 0.461. The maximum atomic E-state index is 5.95. The van der Waals surface area contributed by atoms with Gasteiger partial charge in [-0.3, -0.25) is 0 Å². The van der Waals surface area contributed by atoms with Crippen molar-refractivity contribution in [2.75, 3.05) is 32.7 Å². The van der Waals surface area contributed by atoms with Crippen molar-refractivity contribution >= 4 is 18.0 Å². The van der Waals surface area contributed by atoms with Crippen LogP contribution in [0.25, 0.3) is 0 Å². The van der Waals surface area contributed by atoms with E-state index < -0.39 is 8.24 Å². The van der Waals surface area contributed by atoms with Crippen molar-refractivity contribution in [1.29, 1.82) is 0 Å². The second-order valence-corrected chi connectivity index (χ2v) is 15.6. The first kappa shape index (κ1) is 19.4. The van der Waals surface area contributed by atoms with Crippen LogP contribution in [0.15, 0.2) is 0 Å². The molecule has 0 N–H and O–H groups in total. The Bertz CT molecular complexity index is 313. The van der Waals surface area contributed by atoms with Gasteiger partial charge in [-0.05, 0) is 38.4 Å². The zero-order chi connectivity index (χ0) is 16.3. The van der Waals surface area contributed by atoms with Crippen molar-refractivity contribution in [2.24, 2.45) is 0 Å². The molecule has 1 rings (SSSR count). The average Bonchev–Trinajstić information content (AvgIpc) is 2.33. The molecule has 1 heterocycles. The molecule has 0 spiro atoms. The normalized spacial score (nSPS) is 20.6. The molecule has 3 nitrogen and oxygen atoms in total. The van der Waals surface area contributed by atoms with Gasteiger partial charge < -0.3 is 13.9 Å². The Hall–Kier alpha value is 0.314. The Kier molecular flexibility index (Phi) is 6.69. The quantitative estimate of drug-likeness (QED) is 0.569. The zero-order valence-corrected chi connectivity index (χ0v) is 18.2. The molecule has 0 aromatic rings. The molecular weight excluding hydrogens is 292 g/mol. The zero-order valence-electron chi connectivity index (χ0n) is 15.8. The SMILES string of the molecule is CC(C)(C)O[SiH2]CCN1CCN([Si](C)(C)C(C)(C)C)CC1. The second kappa shape index (κ2) is 7.26. The Morgan fingerprint density at radius 1 is 0.952 bits per heavy atom. The number of hydrogen-bond donors (Lipinski definition) is 0. The number of piperazine rings is 1. The third kappa shape index (κ3) is 6.14. The minimum Gasteiger partial charge on any atom is -0.419 e. The van der Waals surface area contributed by atoms with Crippen molar-refractivity contribution in [1.82, 2.24) is 9.47 Å². The summed E-state index contributed by atoms with van der Waals surface area (Å²) in [5.41, 5.74) is 0.0628. The molecule has 0 aliphatic carbocycles. The van der Waals surface area contributed by atoms with E-state index in [9.17, 15) is 0 Å². The smallest absolute Gasteiger partial charge is 0.163 e. The first-order valence-electron chi connectivity index (χ1n) is 8.55. The van der Waals surface area contributed by atoms with E-state index in [1.165, 1.54) is 38.8 Å². The first-order valence-corrected chi connectivity index (χ1v) is 13.1. The van der Waals surface area contributed by atoms with E-state index in [0.29, 0.717) is 5.04 Å². The number of hydrogen-bond acceptors (Lipinski definition) is 3. The van der Waals surface area contributed by atoms with Crippen LogP contribution in [0.4, 0.5) is 0 Å². The topological polar surface area (TPSA) is 15.7 Å². The molecule has 0 radical (unpaired) electrons. The van der Waals surface area contributed by atoms with Gasteiger partial charge in [0.1, 0.15) is 8.24 Å². The van der Waals surface area contributed by atoms with Gasteiger partial charge >= 0.3 is 0 Å². The van der Waals surface area contributed by atoms with Crippen LogP contribution in [0.5, 0.6) is 0 Å². The van der Waals surface area contributed by atoms with Gasteiger partial charge in [-0.1, -0.05) is 33.9 Å². The Morgan fingerprint density at radius 2 is 1.48 bits per heavy atom. The van der Waals surface area contributed by atoms with Crippen molar-refractivity contribution in [3.8, 4) is 0 Å². The molecule has 21 heavy (non-hydrogen) atoms. The van der Waals surface area contributed by atoms with Crippen molar-refractivity contribution in [3.05, 3.63) is 0 Å². The van der Waals surface area contributed by atoms with Crippen LogP contribution < -0.4 is 0 Å². The van der Waals surface area contributed by atoms with Gasteiger partial charge in [-0.2, -0.15) is 0 Å². The molecule has 5 heteroatoms.